The first-order valence-corrected chi connectivity index (χ1v) is 15.0. The van der Waals surface area contributed by atoms with Gasteiger partial charge in [0, 0.05) is 18.0 Å². The monoisotopic (exact) mass is 557 g/mol. The largest absolute Gasteiger partial charge is 0.426 e. The van der Waals surface area contributed by atoms with Crippen molar-refractivity contribution in [3.05, 3.63) is 89.5 Å². The molecule has 3 aliphatic carbocycles. The third-order valence-corrected chi connectivity index (χ3v) is 10.4. The molecule has 40 heavy (non-hydrogen) atoms. The molecule has 2 bridgehead atoms. The van der Waals surface area contributed by atoms with Gasteiger partial charge in [-0.1, -0.05) is 79.9 Å². The van der Waals surface area contributed by atoms with Gasteiger partial charge in [-0.15, -0.1) is 12.4 Å². The van der Waals surface area contributed by atoms with Crippen LogP contribution in [0.15, 0.2) is 72.8 Å². The molecule has 3 fully saturated rings. The number of piperidine rings is 1. The first-order chi connectivity index (χ1) is 19.0. The molecule has 1 aliphatic heterocycles. The van der Waals surface area contributed by atoms with Gasteiger partial charge in [-0.05, 0) is 90.9 Å². The SMILES string of the molecule is Cl.O=C(Cc1ccc(-c2ccccc2)cc1)Oc1ccc2c(c1)[C@@]13CCCC[C@@]1(O)[C@@H](C2)N(CC1CCC1)CC3. The number of aliphatic hydroxyl groups is 1. The molecular weight excluding hydrogens is 518 g/mol. The fourth-order valence-electron chi connectivity index (χ4n) is 8.15. The van der Waals surface area contributed by atoms with Crippen LogP contribution in [0.2, 0.25) is 0 Å². The van der Waals surface area contributed by atoms with E-state index in [9.17, 15) is 9.90 Å². The van der Waals surface area contributed by atoms with E-state index in [0.29, 0.717) is 5.75 Å². The Balaban J connectivity index is 0.00000289. The maximum Gasteiger partial charge on any atom is 0.315 e. The lowest BCUT2D eigenvalue weighted by Crippen LogP contribution is -2.72. The highest BCUT2D eigenvalue weighted by Gasteiger charge is 2.63. The number of esters is 1. The van der Waals surface area contributed by atoms with Gasteiger partial charge < -0.3 is 9.84 Å². The zero-order valence-electron chi connectivity index (χ0n) is 23.2. The summed E-state index contributed by atoms with van der Waals surface area (Å²) in [6.07, 6.45) is 10.3. The molecule has 0 radical (unpaired) electrons. The molecule has 4 nitrogen and oxygen atoms in total. The van der Waals surface area contributed by atoms with E-state index in [1.165, 1.54) is 36.0 Å². The highest BCUT2D eigenvalue weighted by Crippen LogP contribution is 2.58. The summed E-state index contributed by atoms with van der Waals surface area (Å²) in [4.78, 5) is 15.6. The Kier molecular flexibility index (Phi) is 7.54. The summed E-state index contributed by atoms with van der Waals surface area (Å²) in [6.45, 7) is 2.20. The molecule has 210 valence electrons. The Hall–Kier alpha value is -2.66. The van der Waals surface area contributed by atoms with Crippen LogP contribution in [0.4, 0.5) is 0 Å². The number of carbonyl (C=O) groups excluding carboxylic acids is 1. The van der Waals surface area contributed by atoms with Crippen LogP contribution < -0.4 is 4.74 Å². The van der Waals surface area contributed by atoms with Crippen LogP contribution in [0.1, 0.15) is 68.1 Å². The van der Waals surface area contributed by atoms with Crippen molar-refractivity contribution in [3.63, 3.8) is 0 Å². The van der Waals surface area contributed by atoms with E-state index in [4.69, 9.17) is 4.74 Å². The molecule has 3 aromatic carbocycles. The van der Waals surface area contributed by atoms with Gasteiger partial charge in [-0.25, -0.2) is 0 Å². The van der Waals surface area contributed by atoms with E-state index >= 15 is 0 Å². The number of likely N-dealkylation sites (tertiary alicyclic amines) is 1. The van der Waals surface area contributed by atoms with Gasteiger partial charge in [0.15, 0.2) is 0 Å². The summed E-state index contributed by atoms with van der Waals surface area (Å²) in [5.74, 6) is 1.17. The van der Waals surface area contributed by atoms with Crippen molar-refractivity contribution in [2.45, 2.75) is 81.3 Å². The molecule has 4 aliphatic rings. The maximum absolute atomic E-state index is 13.0. The highest BCUT2D eigenvalue weighted by atomic mass is 35.5. The predicted molar refractivity (Wildman–Crippen MR) is 161 cm³/mol. The summed E-state index contributed by atoms with van der Waals surface area (Å²) >= 11 is 0. The summed E-state index contributed by atoms with van der Waals surface area (Å²) in [5.41, 5.74) is 4.90. The Morgan fingerprint density at radius 2 is 1.65 bits per heavy atom. The summed E-state index contributed by atoms with van der Waals surface area (Å²) < 4.78 is 5.91. The van der Waals surface area contributed by atoms with E-state index in [1.807, 2.05) is 36.4 Å². The molecule has 0 unspecified atom stereocenters. The number of benzene rings is 3. The third kappa shape index (κ3) is 4.68. The molecule has 2 saturated carbocycles. The minimum atomic E-state index is -0.691. The van der Waals surface area contributed by atoms with Gasteiger partial charge in [0.2, 0.25) is 0 Å². The second kappa shape index (κ2) is 11.0. The molecule has 1 heterocycles. The van der Waals surface area contributed by atoms with Gasteiger partial charge in [0.25, 0.3) is 0 Å². The fourth-order valence-corrected chi connectivity index (χ4v) is 8.15. The van der Waals surface area contributed by atoms with Crippen LogP contribution in [0.25, 0.3) is 11.1 Å². The van der Waals surface area contributed by atoms with Crippen LogP contribution in [-0.2, 0) is 23.1 Å². The number of ether oxygens (including phenoxy) is 1. The topological polar surface area (TPSA) is 49.8 Å². The molecule has 0 spiro atoms. The normalized spacial score (nSPS) is 27.5. The third-order valence-electron chi connectivity index (χ3n) is 10.4. The fraction of sp³-hybridized carbons (Fsp3) is 0.457. The van der Waals surface area contributed by atoms with Gasteiger partial charge in [0.1, 0.15) is 5.75 Å². The lowest BCUT2D eigenvalue weighted by molar-refractivity contribution is -0.169. The number of nitrogens with zero attached hydrogens (tertiary/aromatic N) is 1. The first-order valence-electron chi connectivity index (χ1n) is 15.0. The van der Waals surface area contributed by atoms with Crippen LogP contribution in [0.3, 0.4) is 0 Å². The van der Waals surface area contributed by atoms with Crippen LogP contribution in [-0.4, -0.2) is 40.7 Å². The Bertz CT molecular complexity index is 1350. The second-order valence-corrected chi connectivity index (χ2v) is 12.5. The zero-order valence-corrected chi connectivity index (χ0v) is 24.0. The minimum Gasteiger partial charge on any atom is -0.426 e. The average molecular weight is 558 g/mol. The number of hydrogen-bond acceptors (Lipinski definition) is 4. The van der Waals surface area contributed by atoms with Crippen molar-refractivity contribution in [2.24, 2.45) is 5.92 Å². The van der Waals surface area contributed by atoms with E-state index in [2.05, 4.69) is 41.3 Å². The molecule has 7 rings (SSSR count). The molecule has 5 heteroatoms. The van der Waals surface area contributed by atoms with E-state index in [1.54, 1.807) is 0 Å². The molecule has 1 N–H and O–H groups in total. The second-order valence-electron chi connectivity index (χ2n) is 12.5. The van der Waals surface area contributed by atoms with Crippen molar-refractivity contribution < 1.29 is 14.6 Å². The predicted octanol–water partition coefficient (Wildman–Crippen LogP) is 6.90. The van der Waals surface area contributed by atoms with E-state index in [-0.39, 0.29) is 36.3 Å². The number of fused-ring (bicyclic) bond motifs is 1. The van der Waals surface area contributed by atoms with Crippen molar-refractivity contribution in [1.29, 1.82) is 0 Å². The average Bonchev–Trinajstić information content (AvgIpc) is 2.92. The van der Waals surface area contributed by atoms with Crippen molar-refractivity contribution in [1.82, 2.24) is 4.90 Å². The van der Waals surface area contributed by atoms with Crippen molar-refractivity contribution in [2.75, 3.05) is 13.1 Å². The minimum absolute atomic E-state index is 0. The molecule has 0 aromatic heterocycles. The number of carbonyl (C=O) groups is 1. The lowest BCUT2D eigenvalue weighted by atomic mass is 9.49. The number of hydrogen-bond donors (Lipinski definition) is 1. The van der Waals surface area contributed by atoms with E-state index in [0.717, 1.165) is 68.7 Å². The molecule has 3 atom stereocenters. The van der Waals surface area contributed by atoms with Gasteiger partial charge >= 0.3 is 5.97 Å². The smallest absolute Gasteiger partial charge is 0.315 e. The van der Waals surface area contributed by atoms with Crippen molar-refractivity contribution >= 4 is 18.4 Å². The highest BCUT2D eigenvalue weighted by molar-refractivity contribution is 5.85. The van der Waals surface area contributed by atoms with Crippen LogP contribution in [0, 0.1) is 5.92 Å². The Morgan fingerprint density at radius 3 is 2.40 bits per heavy atom. The lowest BCUT2D eigenvalue weighted by Gasteiger charge is -2.64. The van der Waals surface area contributed by atoms with Crippen LogP contribution in [0.5, 0.6) is 5.75 Å². The Labute approximate surface area is 244 Å². The maximum atomic E-state index is 13.0. The van der Waals surface area contributed by atoms with Crippen LogP contribution >= 0.6 is 12.4 Å². The van der Waals surface area contributed by atoms with Gasteiger partial charge in [-0.2, -0.15) is 0 Å². The number of halogens is 1. The number of rotatable bonds is 6. The standard InChI is InChI=1S/C35H39NO3.ClH/c37-33(21-25-11-13-28(14-12-25)27-9-2-1-3-10-27)39-30-16-15-29-22-32-35(38)18-5-4-17-34(35,31(29)23-30)19-20-36(32)24-26-7-6-8-26;/h1-3,9-16,23,26,32,38H,4-8,17-22,24H2;1H/t32-,34+,35-;/m1./s1. The molecule has 1 saturated heterocycles. The molecular formula is C35H40ClNO3. The van der Waals surface area contributed by atoms with Gasteiger partial charge in [-0.3, -0.25) is 9.69 Å². The summed E-state index contributed by atoms with van der Waals surface area (Å²) in [6, 6.07) is 24.8. The summed E-state index contributed by atoms with van der Waals surface area (Å²) in [7, 11) is 0. The first kappa shape index (κ1) is 27.5. The Morgan fingerprint density at radius 1 is 0.900 bits per heavy atom. The van der Waals surface area contributed by atoms with Gasteiger partial charge in [0.05, 0.1) is 12.0 Å². The van der Waals surface area contributed by atoms with E-state index < -0.39 is 5.60 Å². The molecule has 3 aromatic rings. The van der Waals surface area contributed by atoms with Crippen molar-refractivity contribution in [3.8, 4) is 16.9 Å². The quantitative estimate of drug-likeness (QED) is 0.265. The molecule has 0 amide bonds. The summed E-state index contributed by atoms with van der Waals surface area (Å²) in [5, 5.41) is 12.4. The zero-order chi connectivity index (χ0) is 26.5.